The Balaban J connectivity index is 4.43. The van der Waals surface area contributed by atoms with Crippen LogP contribution in [0.25, 0.3) is 0 Å². The van der Waals surface area contributed by atoms with Crippen molar-refractivity contribution >= 4 is 0 Å². The van der Waals surface area contributed by atoms with Gasteiger partial charge in [-0.15, -0.1) is 0 Å². The van der Waals surface area contributed by atoms with Crippen LogP contribution in [-0.2, 0) is 4.74 Å². The predicted octanol–water partition coefficient (Wildman–Crippen LogP) is 2.23. The van der Waals surface area contributed by atoms with Crippen LogP contribution >= 0.6 is 0 Å². The minimum Gasteiger partial charge on any atom is -0.499 e. The summed E-state index contributed by atoms with van der Waals surface area (Å²) < 4.78 is 4.89. The number of methoxy groups -OCH3 is 1. The van der Waals surface area contributed by atoms with Crippen LogP contribution in [0.4, 0.5) is 0 Å². The number of rotatable bonds is 2. The van der Waals surface area contributed by atoms with Gasteiger partial charge < -0.3 is 4.74 Å². The van der Waals surface area contributed by atoms with Crippen LogP contribution in [0.15, 0.2) is 11.3 Å². The number of allylic oxidation sites excluding steroid dienone is 2. The molecule has 0 aromatic rings. The normalized spacial score (nSPS) is 10.5. The van der Waals surface area contributed by atoms with Crippen LogP contribution in [0.1, 0.15) is 26.7 Å². The summed E-state index contributed by atoms with van der Waals surface area (Å²) in [6.07, 6.45) is 1.83. The lowest BCUT2D eigenvalue weighted by Gasteiger charge is -1.96. The predicted molar refractivity (Wildman–Crippen MR) is 48.0 cm³/mol. The van der Waals surface area contributed by atoms with E-state index in [0.29, 0.717) is 11.3 Å². The van der Waals surface area contributed by atoms with Crippen molar-refractivity contribution in [2.24, 2.45) is 0 Å². The number of nitriles is 1. The van der Waals surface area contributed by atoms with Crippen LogP contribution in [0, 0.1) is 23.2 Å². The highest BCUT2D eigenvalue weighted by molar-refractivity contribution is 5.41. The van der Waals surface area contributed by atoms with Gasteiger partial charge in [-0.05, 0) is 13.3 Å². The molecule has 0 unspecified atom stereocenters. The molecule has 0 aliphatic heterocycles. The molecule has 0 saturated heterocycles. The van der Waals surface area contributed by atoms with E-state index in [1.54, 1.807) is 6.92 Å². The first-order chi connectivity index (χ1) is 5.76. The molecule has 2 heteroatoms. The van der Waals surface area contributed by atoms with Gasteiger partial charge >= 0.3 is 0 Å². The van der Waals surface area contributed by atoms with E-state index in [1.165, 1.54) is 7.11 Å². The maximum absolute atomic E-state index is 8.64. The Kier molecular flexibility index (Phi) is 5.57. The maximum Gasteiger partial charge on any atom is 0.139 e. The van der Waals surface area contributed by atoms with Gasteiger partial charge in [0.25, 0.3) is 0 Å². The number of unbranched alkanes of at least 4 members (excludes halogenated alkanes) is 1. The molecule has 0 heterocycles. The fraction of sp³-hybridized carbons (Fsp3) is 0.500. The molecule has 0 spiro atoms. The Hall–Kier alpha value is -1.41. The fourth-order valence-corrected chi connectivity index (χ4v) is 0.573. The van der Waals surface area contributed by atoms with Crippen molar-refractivity contribution in [1.82, 2.24) is 0 Å². The number of nitrogens with zero attached hydrogens (tertiary/aromatic N) is 1. The molecule has 0 rings (SSSR count). The van der Waals surface area contributed by atoms with Crippen molar-refractivity contribution in [3.8, 4) is 17.9 Å². The second-order valence-electron chi connectivity index (χ2n) is 2.30. The van der Waals surface area contributed by atoms with E-state index in [-0.39, 0.29) is 0 Å². The average Bonchev–Trinajstić information content (AvgIpc) is 2.11. The average molecular weight is 163 g/mol. The summed E-state index contributed by atoms with van der Waals surface area (Å²) in [6, 6.07) is 1.99. The molecule has 0 amide bonds. The molecular weight excluding hydrogens is 150 g/mol. The van der Waals surface area contributed by atoms with E-state index >= 15 is 0 Å². The van der Waals surface area contributed by atoms with Crippen molar-refractivity contribution < 1.29 is 4.74 Å². The van der Waals surface area contributed by atoms with E-state index in [1.807, 2.05) is 13.0 Å². The Morgan fingerprint density at radius 2 is 2.17 bits per heavy atom. The summed E-state index contributed by atoms with van der Waals surface area (Å²) in [6.45, 7) is 3.78. The van der Waals surface area contributed by atoms with Crippen LogP contribution in [0.5, 0.6) is 0 Å². The lowest BCUT2D eigenvalue weighted by Crippen LogP contribution is -1.85. The Morgan fingerprint density at radius 1 is 1.50 bits per heavy atom. The zero-order chi connectivity index (χ0) is 9.40. The lowest BCUT2D eigenvalue weighted by atomic mass is 10.2. The Bertz CT molecular complexity index is 260. The van der Waals surface area contributed by atoms with Crippen molar-refractivity contribution in [3.63, 3.8) is 0 Å². The molecule has 0 radical (unpaired) electrons. The van der Waals surface area contributed by atoms with Crippen molar-refractivity contribution in [3.05, 3.63) is 11.3 Å². The minimum absolute atomic E-state index is 0.422. The second-order valence-corrected chi connectivity index (χ2v) is 2.30. The molecule has 0 aliphatic rings. The third-order valence-electron chi connectivity index (χ3n) is 1.36. The van der Waals surface area contributed by atoms with Gasteiger partial charge in [0.15, 0.2) is 0 Å². The molecule has 12 heavy (non-hydrogen) atoms. The van der Waals surface area contributed by atoms with E-state index in [2.05, 4.69) is 11.8 Å². The van der Waals surface area contributed by atoms with Crippen molar-refractivity contribution in [2.75, 3.05) is 7.11 Å². The molecule has 0 bridgehead atoms. The lowest BCUT2D eigenvalue weighted by molar-refractivity contribution is 0.292. The maximum atomic E-state index is 8.64. The highest BCUT2D eigenvalue weighted by Crippen LogP contribution is 2.01. The third-order valence-corrected chi connectivity index (χ3v) is 1.36. The molecule has 64 valence electrons. The summed E-state index contributed by atoms with van der Waals surface area (Å²) in [7, 11) is 1.54. The van der Waals surface area contributed by atoms with Gasteiger partial charge in [-0.1, -0.05) is 18.8 Å². The standard InChI is InChI=1S/C10H13NO/c1-4-5-6-7-10(8-11)9(2)12-3/h4-5H2,1-3H3/b10-9+. The van der Waals surface area contributed by atoms with Crippen LogP contribution in [0.3, 0.4) is 0 Å². The zero-order valence-electron chi connectivity index (χ0n) is 7.77. The number of hydrogen-bond acceptors (Lipinski definition) is 2. The smallest absolute Gasteiger partial charge is 0.139 e. The topological polar surface area (TPSA) is 33.0 Å². The number of hydrogen-bond donors (Lipinski definition) is 0. The summed E-state index contributed by atoms with van der Waals surface area (Å²) in [4.78, 5) is 0. The molecule has 0 aromatic carbocycles. The van der Waals surface area contributed by atoms with Gasteiger partial charge in [-0.25, -0.2) is 0 Å². The summed E-state index contributed by atoms with van der Waals surface area (Å²) in [5.41, 5.74) is 0.422. The highest BCUT2D eigenvalue weighted by atomic mass is 16.5. The van der Waals surface area contributed by atoms with Crippen LogP contribution in [0.2, 0.25) is 0 Å². The van der Waals surface area contributed by atoms with Gasteiger partial charge in [0.1, 0.15) is 17.4 Å². The van der Waals surface area contributed by atoms with Gasteiger partial charge in [-0.2, -0.15) is 5.26 Å². The van der Waals surface area contributed by atoms with Gasteiger partial charge in [0.2, 0.25) is 0 Å². The van der Waals surface area contributed by atoms with Crippen molar-refractivity contribution in [1.29, 1.82) is 5.26 Å². The van der Waals surface area contributed by atoms with E-state index in [4.69, 9.17) is 10.00 Å². The second kappa shape index (κ2) is 6.31. The molecule has 2 nitrogen and oxygen atoms in total. The Labute approximate surface area is 73.8 Å². The molecule has 0 saturated carbocycles. The SMILES string of the molecule is CCCC#C/C(C#N)=C(/C)OC. The van der Waals surface area contributed by atoms with Crippen LogP contribution < -0.4 is 0 Å². The van der Waals surface area contributed by atoms with Gasteiger partial charge in [0, 0.05) is 6.42 Å². The fourth-order valence-electron chi connectivity index (χ4n) is 0.573. The molecule has 0 aliphatic carbocycles. The summed E-state index contributed by atoms with van der Waals surface area (Å²) in [5, 5.41) is 8.64. The van der Waals surface area contributed by atoms with E-state index in [0.717, 1.165) is 12.8 Å². The van der Waals surface area contributed by atoms with Crippen LogP contribution in [-0.4, -0.2) is 7.11 Å². The third kappa shape index (κ3) is 3.68. The largest absolute Gasteiger partial charge is 0.499 e. The van der Waals surface area contributed by atoms with Crippen molar-refractivity contribution in [2.45, 2.75) is 26.7 Å². The van der Waals surface area contributed by atoms with E-state index < -0.39 is 0 Å². The minimum atomic E-state index is 0.422. The molecule has 0 fully saturated rings. The summed E-state index contributed by atoms with van der Waals surface area (Å²) in [5.74, 6) is 6.24. The zero-order valence-corrected chi connectivity index (χ0v) is 7.77. The Morgan fingerprint density at radius 3 is 2.58 bits per heavy atom. The molecular formula is C10H13NO. The van der Waals surface area contributed by atoms with Gasteiger partial charge in [0.05, 0.1) is 7.11 Å². The van der Waals surface area contributed by atoms with Gasteiger partial charge in [-0.3, -0.25) is 0 Å². The quantitative estimate of drug-likeness (QED) is 0.355. The molecule has 0 aromatic heterocycles. The molecule has 0 atom stereocenters. The monoisotopic (exact) mass is 163 g/mol. The summed E-state index contributed by atoms with van der Waals surface area (Å²) >= 11 is 0. The first-order valence-corrected chi connectivity index (χ1v) is 3.90. The van der Waals surface area contributed by atoms with E-state index in [9.17, 15) is 0 Å². The highest BCUT2D eigenvalue weighted by Gasteiger charge is 1.95. The first-order valence-electron chi connectivity index (χ1n) is 3.90. The number of ether oxygens (including phenoxy) is 1. The molecule has 0 N–H and O–H groups in total. The first kappa shape index (κ1) is 10.6.